The zero-order chi connectivity index (χ0) is 13.2. The summed E-state index contributed by atoms with van der Waals surface area (Å²) in [5, 5.41) is 5.44. The number of hydrogen-bond acceptors (Lipinski definition) is 6. The van der Waals surface area contributed by atoms with Gasteiger partial charge in [-0.2, -0.15) is 15.0 Å². The summed E-state index contributed by atoms with van der Waals surface area (Å²) in [6.45, 7) is 4.51. The first-order valence-electron chi connectivity index (χ1n) is 6.22. The number of nitrogens with zero attached hydrogens (tertiary/aromatic N) is 4. The first-order chi connectivity index (χ1) is 9.26. The van der Waals surface area contributed by atoms with Crippen LogP contribution in [0.4, 0.5) is 11.9 Å². The molecule has 0 spiro atoms. The van der Waals surface area contributed by atoms with Crippen LogP contribution in [0.3, 0.4) is 0 Å². The Balaban J connectivity index is 1.87. The second-order valence-electron chi connectivity index (χ2n) is 4.30. The van der Waals surface area contributed by atoms with Gasteiger partial charge in [0, 0.05) is 24.5 Å². The van der Waals surface area contributed by atoms with Crippen LogP contribution in [0, 0.1) is 0 Å². The molecule has 1 N–H and O–H groups in total. The van der Waals surface area contributed by atoms with Crippen molar-refractivity contribution in [2.24, 2.45) is 0 Å². The predicted octanol–water partition coefficient (Wildman–Crippen LogP) is 2.58. The molecule has 2 aromatic heterocycles. The van der Waals surface area contributed by atoms with Crippen molar-refractivity contribution in [3.05, 3.63) is 27.2 Å². The van der Waals surface area contributed by atoms with E-state index in [0.29, 0.717) is 11.9 Å². The Morgan fingerprint density at radius 3 is 3.16 bits per heavy atom. The lowest BCUT2D eigenvalue weighted by molar-refractivity contribution is 0.714. The van der Waals surface area contributed by atoms with Gasteiger partial charge in [0.1, 0.15) is 0 Å². The minimum absolute atomic E-state index is 0.233. The van der Waals surface area contributed by atoms with E-state index >= 15 is 0 Å². The van der Waals surface area contributed by atoms with Crippen molar-refractivity contribution in [3.8, 4) is 0 Å². The Morgan fingerprint density at radius 2 is 2.32 bits per heavy atom. The van der Waals surface area contributed by atoms with E-state index < -0.39 is 0 Å². The van der Waals surface area contributed by atoms with Gasteiger partial charge in [-0.05, 0) is 42.0 Å². The summed E-state index contributed by atoms with van der Waals surface area (Å²) in [6, 6.07) is 2.17. The molecule has 100 valence electrons. The Bertz CT molecular complexity index is 585. The molecule has 2 aromatic rings. The second kappa shape index (κ2) is 5.30. The zero-order valence-electron chi connectivity index (χ0n) is 10.6. The largest absolute Gasteiger partial charge is 0.354 e. The fraction of sp³-hybridized carbons (Fsp3) is 0.417. The molecule has 5 nitrogen and oxygen atoms in total. The SMILES string of the molecule is CCNc1nc(Cl)nc(N2CCc3sccc3C2)n1. The van der Waals surface area contributed by atoms with E-state index in [1.54, 1.807) is 0 Å². The molecule has 0 aromatic carbocycles. The van der Waals surface area contributed by atoms with Crippen LogP contribution in [0.1, 0.15) is 17.4 Å². The van der Waals surface area contributed by atoms with Crippen molar-refractivity contribution < 1.29 is 0 Å². The molecule has 0 radical (unpaired) electrons. The summed E-state index contributed by atoms with van der Waals surface area (Å²) in [5.41, 5.74) is 1.36. The molecule has 3 rings (SSSR count). The van der Waals surface area contributed by atoms with E-state index in [1.165, 1.54) is 10.4 Å². The molecule has 0 amide bonds. The van der Waals surface area contributed by atoms with Gasteiger partial charge in [-0.25, -0.2) is 0 Å². The minimum atomic E-state index is 0.233. The summed E-state index contributed by atoms with van der Waals surface area (Å²) in [5.74, 6) is 1.18. The lowest BCUT2D eigenvalue weighted by Crippen LogP contribution is -2.31. The summed E-state index contributed by atoms with van der Waals surface area (Å²) in [6.07, 6.45) is 1.03. The van der Waals surface area contributed by atoms with Gasteiger partial charge in [0.05, 0.1) is 0 Å². The third kappa shape index (κ3) is 2.64. The monoisotopic (exact) mass is 295 g/mol. The highest BCUT2D eigenvalue weighted by Crippen LogP contribution is 2.26. The Kier molecular flexibility index (Phi) is 3.52. The van der Waals surface area contributed by atoms with Crippen molar-refractivity contribution in [2.45, 2.75) is 19.9 Å². The highest BCUT2D eigenvalue weighted by Gasteiger charge is 2.20. The molecular weight excluding hydrogens is 282 g/mol. The number of thiophene rings is 1. The average molecular weight is 296 g/mol. The van der Waals surface area contributed by atoms with Crippen molar-refractivity contribution in [1.82, 2.24) is 15.0 Å². The minimum Gasteiger partial charge on any atom is -0.354 e. The summed E-state index contributed by atoms with van der Waals surface area (Å²) >= 11 is 7.78. The van der Waals surface area contributed by atoms with Crippen LogP contribution in [0.2, 0.25) is 5.28 Å². The molecule has 3 heterocycles. The van der Waals surface area contributed by atoms with Crippen LogP contribution in [0.25, 0.3) is 0 Å². The molecule has 19 heavy (non-hydrogen) atoms. The zero-order valence-corrected chi connectivity index (χ0v) is 12.1. The molecule has 0 aliphatic carbocycles. The maximum Gasteiger partial charge on any atom is 0.231 e. The summed E-state index contributed by atoms with van der Waals surface area (Å²) < 4.78 is 0. The smallest absolute Gasteiger partial charge is 0.231 e. The molecule has 7 heteroatoms. The van der Waals surface area contributed by atoms with Gasteiger partial charge in [-0.3, -0.25) is 0 Å². The Hall–Kier alpha value is -1.40. The standard InChI is InChI=1S/C12H14ClN5S/c1-2-14-11-15-10(13)16-12(17-11)18-5-3-9-8(7-18)4-6-19-9/h4,6H,2-3,5,7H2,1H3,(H,14,15,16,17). The third-order valence-corrected chi connectivity index (χ3v) is 4.21. The van der Waals surface area contributed by atoms with E-state index in [4.69, 9.17) is 11.6 Å². The molecule has 1 aliphatic rings. The van der Waals surface area contributed by atoms with Gasteiger partial charge in [0.2, 0.25) is 17.2 Å². The van der Waals surface area contributed by atoms with E-state index in [2.05, 4.69) is 36.6 Å². The van der Waals surface area contributed by atoms with E-state index in [9.17, 15) is 0 Å². The predicted molar refractivity (Wildman–Crippen MR) is 78.1 cm³/mol. The van der Waals surface area contributed by atoms with Crippen LogP contribution >= 0.6 is 22.9 Å². The third-order valence-electron chi connectivity index (χ3n) is 3.02. The van der Waals surface area contributed by atoms with Crippen LogP contribution < -0.4 is 10.2 Å². The molecule has 0 saturated carbocycles. The van der Waals surface area contributed by atoms with E-state index in [0.717, 1.165) is 26.1 Å². The quantitative estimate of drug-likeness (QED) is 0.943. The van der Waals surface area contributed by atoms with Crippen molar-refractivity contribution in [2.75, 3.05) is 23.3 Å². The van der Waals surface area contributed by atoms with Gasteiger partial charge in [0.25, 0.3) is 0 Å². The number of halogens is 1. The number of anilines is 2. The highest BCUT2D eigenvalue weighted by molar-refractivity contribution is 7.10. The van der Waals surface area contributed by atoms with Crippen molar-refractivity contribution in [1.29, 1.82) is 0 Å². The number of aromatic nitrogens is 3. The van der Waals surface area contributed by atoms with Crippen LogP contribution in [0.15, 0.2) is 11.4 Å². The molecule has 0 saturated heterocycles. The number of nitrogens with one attached hydrogen (secondary N) is 1. The molecule has 0 fully saturated rings. The first kappa shape index (κ1) is 12.6. The van der Waals surface area contributed by atoms with Gasteiger partial charge in [0.15, 0.2) is 0 Å². The number of fused-ring (bicyclic) bond motifs is 1. The molecule has 0 bridgehead atoms. The second-order valence-corrected chi connectivity index (χ2v) is 5.64. The van der Waals surface area contributed by atoms with Crippen LogP contribution in [-0.4, -0.2) is 28.0 Å². The van der Waals surface area contributed by atoms with Crippen LogP contribution in [-0.2, 0) is 13.0 Å². The topological polar surface area (TPSA) is 53.9 Å². The molecule has 0 unspecified atom stereocenters. The van der Waals surface area contributed by atoms with Crippen molar-refractivity contribution >= 4 is 34.8 Å². The number of rotatable bonds is 3. The maximum absolute atomic E-state index is 5.96. The van der Waals surface area contributed by atoms with Gasteiger partial charge in [-0.15, -0.1) is 11.3 Å². The number of hydrogen-bond donors (Lipinski definition) is 1. The summed E-state index contributed by atoms with van der Waals surface area (Å²) in [4.78, 5) is 16.3. The average Bonchev–Trinajstić information content (AvgIpc) is 2.85. The van der Waals surface area contributed by atoms with Crippen molar-refractivity contribution in [3.63, 3.8) is 0 Å². The molecular formula is C12H14ClN5S. The lowest BCUT2D eigenvalue weighted by atomic mass is 10.1. The first-order valence-corrected chi connectivity index (χ1v) is 7.47. The highest BCUT2D eigenvalue weighted by atomic mass is 35.5. The van der Waals surface area contributed by atoms with E-state index in [1.807, 2.05) is 18.3 Å². The van der Waals surface area contributed by atoms with Gasteiger partial charge in [-0.1, -0.05) is 0 Å². The van der Waals surface area contributed by atoms with Gasteiger partial charge < -0.3 is 10.2 Å². The lowest BCUT2D eigenvalue weighted by Gasteiger charge is -2.27. The Morgan fingerprint density at radius 1 is 1.42 bits per heavy atom. The Labute approximate surface area is 120 Å². The normalized spacial score (nSPS) is 14.3. The molecule has 1 aliphatic heterocycles. The maximum atomic E-state index is 5.96. The fourth-order valence-corrected chi connectivity index (χ4v) is 3.18. The fourth-order valence-electron chi connectivity index (χ4n) is 2.14. The van der Waals surface area contributed by atoms with Gasteiger partial charge >= 0.3 is 0 Å². The molecule has 0 atom stereocenters. The van der Waals surface area contributed by atoms with Crippen LogP contribution in [0.5, 0.6) is 0 Å². The van der Waals surface area contributed by atoms with E-state index in [-0.39, 0.29) is 5.28 Å². The summed E-state index contributed by atoms with van der Waals surface area (Å²) in [7, 11) is 0.